The lowest BCUT2D eigenvalue weighted by molar-refractivity contribution is 0.335. The number of aliphatic imine (C=N–C) groups is 1. The summed E-state index contributed by atoms with van der Waals surface area (Å²) >= 11 is 7.83. The third-order valence-electron chi connectivity index (χ3n) is 3.71. The molecule has 1 aliphatic heterocycles. The molecule has 1 aromatic carbocycles. The highest BCUT2D eigenvalue weighted by molar-refractivity contribution is 8.14. The summed E-state index contributed by atoms with van der Waals surface area (Å²) in [6.07, 6.45) is 3.72. The molecule has 0 fully saturated rings. The van der Waals surface area contributed by atoms with Crippen molar-refractivity contribution in [1.29, 1.82) is 0 Å². The van der Waals surface area contributed by atoms with Crippen LogP contribution in [0, 0.1) is 0 Å². The minimum atomic E-state index is 0.238. The molecule has 5 heteroatoms. The number of thioether (sulfide) groups is 1. The van der Waals surface area contributed by atoms with Crippen LogP contribution in [0.15, 0.2) is 53.8 Å². The van der Waals surface area contributed by atoms with Crippen LogP contribution in [-0.2, 0) is 6.54 Å². The molecular formula is C17H18ClN3S. The van der Waals surface area contributed by atoms with E-state index in [4.69, 9.17) is 11.6 Å². The highest BCUT2D eigenvalue weighted by Gasteiger charge is 2.22. The van der Waals surface area contributed by atoms with E-state index in [0.29, 0.717) is 0 Å². The molecule has 2 heterocycles. The van der Waals surface area contributed by atoms with E-state index < -0.39 is 0 Å². The molecule has 114 valence electrons. The van der Waals surface area contributed by atoms with Crippen LogP contribution in [0.5, 0.6) is 0 Å². The van der Waals surface area contributed by atoms with Gasteiger partial charge in [-0.25, -0.2) is 0 Å². The lowest BCUT2D eigenvalue weighted by Gasteiger charge is -2.31. The fourth-order valence-electron chi connectivity index (χ4n) is 2.48. The maximum Gasteiger partial charge on any atom is 0.160 e. The highest BCUT2D eigenvalue weighted by atomic mass is 35.5. The second-order valence-electron chi connectivity index (χ2n) is 5.23. The smallest absolute Gasteiger partial charge is 0.160 e. The van der Waals surface area contributed by atoms with Crippen LogP contribution in [0.3, 0.4) is 0 Å². The van der Waals surface area contributed by atoms with Gasteiger partial charge in [0, 0.05) is 29.7 Å². The summed E-state index contributed by atoms with van der Waals surface area (Å²) in [5.41, 5.74) is 2.43. The summed E-state index contributed by atoms with van der Waals surface area (Å²) in [4.78, 5) is 11.2. The number of amidine groups is 1. The Labute approximate surface area is 140 Å². The molecule has 0 bridgehead atoms. The van der Waals surface area contributed by atoms with Crippen LogP contribution in [0.2, 0.25) is 5.02 Å². The van der Waals surface area contributed by atoms with Gasteiger partial charge in [0.1, 0.15) is 0 Å². The zero-order valence-electron chi connectivity index (χ0n) is 12.4. The molecule has 0 radical (unpaired) electrons. The maximum atomic E-state index is 6.00. The number of rotatable bonds is 4. The van der Waals surface area contributed by atoms with E-state index in [1.54, 1.807) is 6.20 Å². The molecule has 22 heavy (non-hydrogen) atoms. The predicted octanol–water partition coefficient (Wildman–Crippen LogP) is 4.40. The fraction of sp³-hybridized carbons (Fsp3) is 0.294. The topological polar surface area (TPSA) is 28.5 Å². The number of halogens is 1. The Balaban J connectivity index is 1.86. The van der Waals surface area contributed by atoms with Gasteiger partial charge in [0.15, 0.2) is 5.17 Å². The van der Waals surface area contributed by atoms with E-state index >= 15 is 0 Å². The monoisotopic (exact) mass is 331 g/mol. The third-order valence-corrected chi connectivity index (χ3v) is 4.97. The van der Waals surface area contributed by atoms with Gasteiger partial charge in [-0.3, -0.25) is 9.98 Å². The zero-order valence-corrected chi connectivity index (χ0v) is 14.0. The van der Waals surface area contributed by atoms with Gasteiger partial charge < -0.3 is 4.90 Å². The number of hydrogen-bond donors (Lipinski definition) is 0. The average molecular weight is 332 g/mol. The Kier molecular flexibility index (Phi) is 5.01. The predicted molar refractivity (Wildman–Crippen MR) is 94.4 cm³/mol. The van der Waals surface area contributed by atoms with Crippen LogP contribution in [0.1, 0.15) is 24.1 Å². The van der Waals surface area contributed by atoms with Crippen molar-refractivity contribution < 1.29 is 0 Å². The second-order valence-corrected chi connectivity index (χ2v) is 6.73. The van der Waals surface area contributed by atoms with Crippen molar-refractivity contribution in [2.24, 2.45) is 4.99 Å². The van der Waals surface area contributed by atoms with Crippen molar-refractivity contribution >= 4 is 28.5 Å². The molecule has 0 aliphatic carbocycles. The minimum Gasteiger partial charge on any atom is -0.340 e. The lowest BCUT2D eigenvalue weighted by Crippen LogP contribution is -2.30. The average Bonchev–Trinajstić information content (AvgIpc) is 3.08. The number of benzene rings is 1. The van der Waals surface area contributed by atoms with Crippen LogP contribution in [0.25, 0.3) is 0 Å². The summed E-state index contributed by atoms with van der Waals surface area (Å²) in [6, 6.07) is 12.4. The molecule has 0 spiro atoms. The molecule has 0 saturated carbocycles. The molecule has 2 aromatic rings. The summed E-state index contributed by atoms with van der Waals surface area (Å²) in [5.74, 6) is 1.06. The summed E-state index contributed by atoms with van der Waals surface area (Å²) < 4.78 is 0. The molecule has 3 rings (SSSR count). The number of hydrogen-bond acceptors (Lipinski definition) is 4. The van der Waals surface area contributed by atoms with Gasteiger partial charge in [-0.05, 0) is 36.2 Å². The third kappa shape index (κ3) is 3.62. The number of pyridine rings is 1. The van der Waals surface area contributed by atoms with E-state index in [9.17, 15) is 0 Å². The van der Waals surface area contributed by atoms with E-state index in [1.165, 1.54) is 11.1 Å². The molecule has 1 unspecified atom stereocenters. The first-order valence-electron chi connectivity index (χ1n) is 7.32. The normalized spacial score (nSPS) is 15.5. The standard InChI is InChI=1S/C17H18ClN3S/c1-13(15-4-6-16(18)7-5-15)21(17-20-9-10-22-17)12-14-3-2-8-19-11-14/h2-8,11,13H,9-10,12H2,1H3. The highest BCUT2D eigenvalue weighted by Crippen LogP contribution is 2.29. The van der Waals surface area contributed by atoms with E-state index in [0.717, 1.165) is 29.0 Å². The Morgan fingerprint density at radius 2 is 2.09 bits per heavy atom. The van der Waals surface area contributed by atoms with Crippen LogP contribution < -0.4 is 0 Å². The summed E-state index contributed by atoms with van der Waals surface area (Å²) in [6.45, 7) is 3.92. The van der Waals surface area contributed by atoms with Crippen LogP contribution >= 0.6 is 23.4 Å². The first-order valence-corrected chi connectivity index (χ1v) is 8.68. The molecule has 0 N–H and O–H groups in total. The Morgan fingerprint density at radius 1 is 1.27 bits per heavy atom. The fourth-order valence-corrected chi connectivity index (χ4v) is 3.54. The number of nitrogens with zero attached hydrogens (tertiary/aromatic N) is 3. The first kappa shape index (κ1) is 15.4. The Bertz CT molecular complexity index is 643. The van der Waals surface area contributed by atoms with Crippen LogP contribution in [0.4, 0.5) is 0 Å². The quantitative estimate of drug-likeness (QED) is 0.831. The molecule has 1 aromatic heterocycles. The molecule has 0 saturated heterocycles. The molecule has 0 amide bonds. The van der Waals surface area contributed by atoms with Crippen molar-refractivity contribution in [2.75, 3.05) is 12.3 Å². The molecule has 3 nitrogen and oxygen atoms in total. The van der Waals surface area contributed by atoms with Gasteiger partial charge in [-0.2, -0.15) is 0 Å². The van der Waals surface area contributed by atoms with Gasteiger partial charge in [0.05, 0.1) is 12.6 Å². The van der Waals surface area contributed by atoms with Crippen LogP contribution in [-0.4, -0.2) is 27.3 Å². The largest absolute Gasteiger partial charge is 0.340 e. The van der Waals surface area contributed by atoms with Gasteiger partial charge in [0.25, 0.3) is 0 Å². The summed E-state index contributed by atoms with van der Waals surface area (Å²) in [7, 11) is 0. The lowest BCUT2D eigenvalue weighted by atomic mass is 10.1. The van der Waals surface area contributed by atoms with E-state index in [2.05, 4.69) is 40.0 Å². The van der Waals surface area contributed by atoms with Crippen molar-refractivity contribution in [3.8, 4) is 0 Å². The van der Waals surface area contributed by atoms with Gasteiger partial charge in [-0.1, -0.05) is 41.6 Å². The van der Waals surface area contributed by atoms with E-state index in [-0.39, 0.29) is 6.04 Å². The van der Waals surface area contributed by atoms with E-state index in [1.807, 2.05) is 36.2 Å². The van der Waals surface area contributed by atoms with Crippen molar-refractivity contribution in [1.82, 2.24) is 9.88 Å². The van der Waals surface area contributed by atoms with Crippen molar-refractivity contribution in [2.45, 2.75) is 19.5 Å². The molecular weight excluding hydrogens is 314 g/mol. The SMILES string of the molecule is CC(c1ccc(Cl)cc1)N(Cc1cccnc1)C1=NCCS1. The summed E-state index contributed by atoms with van der Waals surface area (Å²) in [5, 5.41) is 1.88. The second kappa shape index (κ2) is 7.16. The van der Waals surface area contributed by atoms with Gasteiger partial charge in [0.2, 0.25) is 0 Å². The molecule has 1 atom stereocenters. The Morgan fingerprint density at radius 3 is 2.73 bits per heavy atom. The van der Waals surface area contributed by atoms with Gasteiger partial charge >= 0.3 is 0 Å². The zero-order chi connectivity index (χ0) is 15.4. The molecule has 1 aliphatic rings. The van der Waals surface area contributed by atoms with Gasteiger partial charge in [-0.15, -0.1) is 0 Å². The van der Waals surface area contributed by atoms with Crippen molar-refractivity contribution in [3.63, 3.8) is 0 Å². The first-order chi connectivity index (χ1) is 10.7. The van der Waals surface area contributed by atoms with Crippen molar-refractivity contribution in [3.05, 3.63) is 64.9 Å². The minimum absolute atomic E-state index is 0.238. The maximum absolute atomic E-state index is 6.00. The Hall–Kier alpha value is -1.52. The number of aromatic nitrogens is 1.